The lowest BCUT2D eigenvalue weighted by Crippen LogP contribution is -2.03. The van der Waals surface area contributed by atoms with Gasteiger partial charge in [0.25, 0.3) is 0 Å². The summed E-state index contributed by atoms with van der Waals surface area (Å²) in [5, 5.41) is 14.1. The van der Waals surface area contributed by atoms with E-state index in [1.54, 1.807) is 44.6 Å². The van der Waals surface area contributed by atoms with Crippen molar-refractivity contribution in [2.24, 2.45) is 0 Å². The van der Waals surface area contributed by atoms with E-state index in [2.05, 4.69) is 25.8 Å². The zero-order valence-corrected chi connectivity index (χ0v) is 15.2. The number of ketones is 1. The van der Waals surface area contributed by atoms with Gasteiger partial charge in [-0.15, -0.1) is 5.10 Å². The van der Waals surface area contributed by atoms with Crippen LogP contribution in [0.2, 0.25) is 0 Å². The lowest BCUT2D eigenvalue weighted by atomic mass is 10.1. The van der Waals surface area contributed by atoms with Crippen LogP contribution in [-0.2, 0) is 0 Å². The Hall–Kier alpha value is -3.68. The fourth-order valence-electron chi connectivity index (χ4n) is 2.37. The first kappa shape index (κ1) is 18.1. The van der Waals surface area contributed by atoms with Crippen LogP contribution in [-0.4, -0.2) is 35.2 Å². The van der Waals surface area contributed by atoms with Crippen LogP contribution in [0.4, 0.5) is 23.1 Å². The van der Waals surface area contributed by atoms with Gasteiger partial charge in [-0.3, -0.25) is 4.79 Å². The molecule has 3 rings (SSSR count). The number of carbonyl (C=O) groups excluding carboxylic acids is 1. The molecular weight excluding hydrogens is 346 g/mol. The number of aromatic nitrogens is 3. The minimum atomic E-state index is 0.0131. The van der Waals surface area contributed by atoms with Gasteiger partial charge in [0.05, 0.1) is 26.1 Å². The molecule has 0 unspecified atom stereocenters. The summed E-state index contributed by atoms with van der Waals surface area (Å²) in [6.07, 6.45) is 1.51. The monoisotopic (exact) mass is 365 g/mol. The number of carbonyl (C=O) groups is 1. The van der Waals surface area contributed by atoms with Crippen LogP contribution in [0.3, 0.4) is 0 Å². The van der Waals surface area contributed by atoms with Gasteiger partial charge < -0.3 is 20.1 Å². The van der Waals surface area contributed by atoms with E-state index in [0.29, 0.717) is 28.8 Å². The van der Waals surface area contributed by atoms with Gasteiger partial charge in [0.1, 0.15) is 11.5 Å². The lowest BCUT2D eigenvalue weighted by molar-refractivity contribution is 0.101. The zero-order chi connectivity index (χ0) is 19.2. The van der Waals surface area contributed by atoms with Crippen molar-refractivity contribution in [3.05, 3.63) is 54.2 Å². The van der Waals surface area contributed by atoms with Gasteiger partial charge in [-0.1, -0.05) is 0 Å². The van der Waals surface area contributed by atoms with Crippen LogP contribution in [0.1, 0.15) is 17.3 Å². The number of methoxy groups -OCH3 is 2. The Labute approximate surface area is 156 Å². The van der Waals surface area contributed by atoms with Gasteiger partial charge in [-0.25, -0.2) is 0 Å². The first-order valence-electron chi connectivity index (χ1n) is 8.16. The predicted molar refractivity (Wildman–Crippen MR) is 102 cm³/mol. The number of hydrogen-bond acceptors (Lipinski definition) is 8. The van der Waals surface area contributed by atoms with Crippen molar-refractivity contribution in [3.8, 4) is 11.5 Å². The Balaban J connectivity index is 1.76. The van der Waals surface area contributed by atoms with Gasteiger partial charge in [0.2, 0.25) is 5.95 Å². The summed E-state index contributed by atoms with van der Waals surface area (Å²) in [6, 6.07) is 12.5. The van der Waals surface area contributed by atoms with Gasteiger partial charge in [-0.2, -0.15) is 10.1 Å². The molecule has 138 valence electrons. The summed E-state index contributed by atoms with van der Waals surface area (Å²) >= 11 is 0. The minimum absolute atomic E-state index is 0.0131. The van der Waals surface area contributed by atoms with Crippen molar-refractivity contribution in [1.82, 2.24) is 15.2 Å². The molecule has 3 aromatic rings. The normalized spacial score (nSPS) is 10.2. The predicted octanol–water partition coefficient (Wildman–Crippen LogP) is 3.58. The third-order valence-corrected chi connectivity index (χ3v) is 3.78. The van der Waals surface area contributed by atoms with Crippen LogP contribution in [0.5, 0.6) is 11.5 Å². The largest absolute Gasteiger partial charge is 0.497 e. The summed E-state index contributed by atoms with van der Waals surface area (Å²) in [7, 11) is 3.17. The molecule has 0 saturated heterocycles. The zero-order valence-electron chi connectivity index (χ0n) is 15.2. The molecule has 0 amide bonds. The fraction of sp³-hybridized carbons (Fsp3) is 0.158. The minimum Gasteiger partial charge on any atom is -0.497 e. The smallest absolute Gasteiger partial charge is 0.249 e. The highest BCUT2D eigenvalue weighted by atomic mass is 16.5. The average molecular weight is 365 g/mol. The quantitative estimate of drug-likeness (QED) is 0.613. The lowest BCUT2D eigenvalue weighted by Gasteiger charge is -2.12. The number of benzene rings is 2. The molecule has 0 aliphatic rings. The van der Waals surface area contributed by atoms with E-state index in [4.69, 9.17) is 9.47 Å². The Morgan fingerprint density at radius 3 is 2.44 bits per heavy atom. The first-order chi connectivity index (χ1) is 13.1. The highest BCUT2D eigenvalue weighted by Gasteiger charge is 2.08. The summed E-state index contributed by atoms with van der Waals surface area (Å²) in [5.41, 5.74) is 2.11. The van der Waals surface area contributed by atoms with Crippen molar-refractivity contribution >= 4 is 28.9 Å². The van der Waals surface area contributed by atoms with E-state index < -0.39 is 0 Å². The molecule has 27 heavy (non-hydrogen) atoms. The molecule has 2 aromatic carbocycles. The van der Waals surface area contributed by atoms with Crippen molar-refractivity contribution in [1.29, 1.82) is 0 Å². The SMILES string of the molecule is COc1ccc(Nc2cnnc(Nc3ccc(C(C)=O)cc3)n2)c(OC)c1. The highest BCUT2D eigenvalue weighted by molar-refractivity contribution is 5.94. The molecular formula is C19H19N5O3. The van der Waals surface area contributed by atoms with Crippen LogP contribution >= 0.6 is 0 Å². The highest BCUT2D eigenvalue weighted by Crippen LogP contribution is 2.31. The number of anilines is 4. The number of ether oxygens (including phenoxy) is 2. The van der Waals surface area contributed by atoms with E-state index in [1.807, 2.05) is 12.1 Å². The number of rotatable bonds is 7. The summed E-state index contributed by atoms with van der Waals surface area (Å²) in [4.78, 5) is 15.7. The second-order valence-corrected chi connectivity index (χ2v) is 5.61. The number of hydrogen-bond donors (Lipinski definition) is 2. The maximum Gasteiger partial charge on any atom is 0.249 e. The van der Waals surface area contributed by atoms with Crippen LogP contribution in [0, 0.1) is 0 Å². The summed E-state index contributed by atoms with van der Waals surface area (Å²) in [6.45, 7) is 1.53. The third kappa shape index (κ3) is 4.49. The topological polar surface area (TPSA) is 98.3 Å². The number of nitrogens with zero attached hydrogens (tertiary/aromatic N) is 3. The second-order valence-electron chi connectivity index (χ2n) is 5.61. The molecule has 8 nitrogen and oxygen atoms in total. The molecule has 0 aliphatic heterocycles. The number of nitrogens with one attached hydrogen (secondary N) is 2. The Morgan fingerprint density at radius 2 is 1.78 bits per heavy atom. The molecule has 0 aliphatic carbocycles. The molecule has 0 bridgehead atoms. The fourth-order valence-corrected chi connectivity index (χ4v) is 2.37. The third-order valence-electron chi connectivity index (χ3n) is 3.78. The maximum absolute atomic E-state index is 11.3. The van der Waals surface area contributed by atoms with Crippen molar-refractivity contribution in [3.63, 3.8) is 0 Å². The molecule has 0 saturated carbocycles. The van der Waals surface area contributed by atoms with Gasteiger partial charge in [-0.05, 0) is 43.3 Å². The summed E-state index contributed by atoms with van der Waals surface area (Å²) in [5.74, 6) is 2.13. The van der Waals surface area contributed by atoms with Gasteiger partial charge >= 0.3 is 0 Å². The molecule has 1 aromatic heterocycles. The van der Waals surface area contributed by atoms with Crippen molar-refractivity contribution in [2.75, 3.05) is 24.9 Å². The van der Waals surface area contributed by atoms with E-state index >= 15 is 0 Å². The molecule has 1 heterocycles. The van der Waals surface area contributed by atoms with Crippen LogP contribution < -0.4 is 20.1 Å². The molecule has 0 radical (unpaired) electrons. The molecule has 0 spiro atoms. The maximum atomic E-state index is 11.3. The van der Waals surface area contributed by atoms with Gasteiger partial charge in [0.15, 0.2) is 11.6 Å². The van der Waals surface area contributed by atoms with Crippen molar-refractivity contribution < 1.29 is 14.3 Å². The Kier molecular flexibility index (Phi) is 5.46. The van der Waals surface area contributed by atoms with Crippen molar-refractivity contribution in [2.45, 2.75) is 6.92 Å². The Bertz CT molecular complexity index is 944. The Morgan fingerprint density at radius 1 is 1.00 bits per heavy atom. The van der Waals surface area contributed by atoms with Gasteiger partial charge in [0, 0.05) is 17.3 Å². The number of Topliss-reactive ketones (excluding diaryl/α,β-unsaturated/α-hetero) is 1. The second kappa shape index (κ2) is 8.13. The molecule has 8 heteroatoms. The summed E-state index contributed by atoms with van der Waals surface area (Å²) < 4.78 is 10.6. The van der Waals surface area contributed by atoms with E-state index in [-0.39, 0.29) is 5.78 Å². The standard InChI is InChI=1S/C19H19N5O3/c1-12(25)13-4-6-14(7-5-13)21-19-23-18(11-20-24-19)22-16-9-8-15(26-2)10-17(16)27-3/h4-11H,1-3H3,(H2,21,22,23,24). The first-order valence-corrected chi connectivity index (χ1v) is 8.16. The van der Waals surface area contributed by atoms with E-state index in [1.165, 1.54) is 13.1 Å². The molecule has 2 N–H and O–H groups in total. The van der Waals surface area contributed by atoms with Crippen LogP contribution in [0.15, 0.2) is 48.7 Å². The molecule has 0 atom stereocenters. The average Bonchev–Trinajstić information content (AvgIpc) is 2.69. The van der Waals surface area contributed by atoms with E-state index in [9.17, 15) is 4.79 Å². The van der Waals surface area contributed by atoms with Crippen LogP contribution in [0.25, 0.3) is 0 Å². The molecule has 0 fully saturated rings. The van der Waals surface area contributed by atoms with E-state index in [0.717, 1.165) is 11.4 Å².